The molecule has 0 saturated carbocycles. The Labute approximate surface area is 123 Å². The zero-order valence-electron chi connectivity index (χ0n) is 12.1. The summed E-state index contributed by atoms with van der Waals surface area (Å²) in [7, 11) is 1.60. The number of rotatable bonds is 2. The van der Waals surface area contributed by atoms with Crippen molar-refractivity contribution in [1.82, 2.24) is 9.88 Å². The zero-order valence-corrected chi connectivity index (χ0v) is 12.1. The lowest BCUT2D eigenvalue weighted by Crippen LogP contribution is -2.24. The molecule has 1 aromatic heterocycles. The van der Waals surface area contributed by atoms with E-state index in [1.54, 1.807) is 7.05 Å². The molecule has 0 bridgehead atoms. The van der Waals surface area contributed by atoms with Crippen LogP contribution in [0.2, 0.25) is 0 Å². The van der Waals surface area contributed by atoms with Crippen molar-refractivity contribution >= 4 is 22.6 Å². The summed E-state index contributed by atoms with van der Waals surface area (Å²) in [6, 6.07) is 18.1. The number of carbonyl (C=O) groups is 1. The molecule has 4 nitrogen and oxygen atoms in total. The maximum absolute atomic E-state index is 11.3. The molecule has 0 spiro atoms. The average Bonchev–Trinajstić information content (AvgIpc) is 2.84. The molecule has 0 radical (unpaired) electrons. The molecule has 1 heterocycles. The number of aryl methyl sites for hydroxylation is 1. The number of nitrogens with zero attached hydrogens (tertiary/aromatic N) is 1. The molecule has 106 valence electrons. The summed E-state index contributed by atoms with van der Waals surface area (Å²) in [5.74, 6) is 0. The fourth-order valence-electron chi connectivity index (χ4n) is 2.52. The van der Waals surface area contributed by atoms with E-state index in [1.165, 1.54) is 16.6 Å². The molecule has 0 unspecified atom stereocenters. The summed E-state index contributed by atoms with van der Waals surface area (Å²) >= 11 is 0. The van der Waals surface area contributed by atoms with Gasteiger partial charge >= 0.3 is 6.03 Å². The quantitative estimate of drug-likeness (QED) is 0.738. The molecule has 2 N–H and O–H groups in total. The second-order valence-electron chi connectivity index (χ2n) is 4.93. The Morgan fingerprint density at radius 2 is 1.76 bits per heavy atom. The second kappa shape index (κ2) is 5.32. The number of benzene rings is 2. The molecule has 0 aliphatic heterocycles. The van der Waals surface area contributed by atoms with E-state index < -0.39 is 0 Å². The van der Waals surface area contributed by atoms with E-state index >= 15 is 0 Å². The number of carbonyl (C=O) groups excluding carboxylic acids is 1. The third-order valence-electron chi connectivity index (χ3n) is 3.51. The van der Waals surface area contributed by atoms with Gasteiger partial charge in [0.25, 0.3) is 0 Å². The van der Waals surface area contributed by atoms with Crippen molar-refractivity contribution in [3.8, 4) is 5.69 Å². The Morgan fingerprint density at radius 3 is 2.48 bits per heavy atom. The Bertz CT molecular complexity index is 787. The lowest BCUT2D eigenvalue weighted by atomic mass is 10.2. The number of amides is 2. The highest BCUT2D eigenvalue weighted by Crippen LogP contribution is 2.24. The standard InChI is InChI=1S/C17H17N3O/c1-12-11-13-5-3-4-6-16(13)20(12)15-9-7-14(8-10-15)19-17(21)18-2/h3-11H,1-2H3,(H2,18,19,21). The summed E-state index contributed by atoms with van der Waals surface area (Å²) in [4.78, 5) is 11.3. The van der Waals surface area contributed by atoms with Crippen LogP contribution >= 0.6 is 0 Å². The van der Waals surface area contributed by atoms with E-state index in [1.807, 2.05) is 36.4 Å². The normalized spacial score (nSPS) is 10.6. The van der Waals surface area contributed by atoms with E-state index in [-0.39, 0.29) is 6.03 Å². The van der Waals surface area contributed by atoms with Crippen LogP contribution in [0.25, 0.3) is 16.6 Å². The van der Waals surface area contributed by atoms with Crippen LogP contribution in [0, 0.1) is 6.92 Å². The smallest absolute Gasteiger partial charge is 0.318 e. The predicted octanol–water partition coefficient (Wildman–Crippen LogP) is 3.69. The van der Waals surface area contributed by atoms with Gasteiger partial charge in [-0.05, 0) is 43.3 Å². The van der Waals surface area contributed by atoms with Crippen molar-refractivity contribution in [2.24, 2.45) is 0 Å². The number of hydrogen-bond donors (Lipinski definition) is 2. The fraction of sp³-hybridized carbons (Fsp3) is 0.118. The van der Waals surface area contributed by atoms with Crippen LogP contribution in [0.3, 0.4) is 0 Å². The first-order valence-electron chi connectivity index (χ1n) is 6.85. The first-order valence-corrected chi connectivity index (χ1v) is 6.85. The van der Waals surface area contributed by atoms with Gasteiger partial charge < -0.3 is 15.2 Å². The van der Waals surface area contributed by atoms with Crippen molar-refractivity contribution in [3.63, 3.8) is 0 Å². The second-order valence-corrected chi connectivity index (χ2v) is 4.93. The van der Waals surface area contributed by atoms with Crippen molar-refractivity contribution < 1.29 is 4.79 Å². The minimum atomic E-state index is -0.217. The van der Waals surface area contributed by atoms with Crippen molar-refractivity contribution in [2.75, 3.05) is 12.4 Å². The van der Waals surface area contributed by atoms with Gasteiger partial charge in [0.15, 0.2) is 0 Å². The molecule has 0 saturated heterocycles. The lowest BCUT2D eigenvalue weighted by Gasteiger charge is -2.10. The van der Waals surface area contributed by atoms with Gasteiger partial charge in [0, 0.05) is 29.5 Å². The fourth-order valence-corrected chi connectivity index (χ4v) is 2.52. The van der Waals surface area contributed by atoms with Crippen molar-refractivity contribution in [3.05, 3.63) is 60.3 Å². The third-order valence-corrected chi connectivity index (χ3v) is 3.51. The van der Waals surface area contributed by atoms with Crippen molar-refractivity contribution in [2.45, 2.75) is 6.92 Å². The first-order chi connectivity index (χ1) is 10.2. The molecule has 4 heteroatoms. The maximum atomic E-state index is 11.3. The van der Waals surface area contributed by atoms with Gasteiger partial charge in [-0.15, -0.1) is 0 Å². The third kappa shape index (κ3) is 2.48. The number of hydrogen-bond acceptors (Lipinski definition) is 1. The lowest BCUT2D eigenvalue weighted by molar-refractivity contribution is 0.254. The van der Waals surface area contributed by atoms with Crippen LogP contribution in [0.4, 0.5) is 10.5 Å². The number of urea groups is 1. The number of aromatic nitrogens is 1. The van der Waals surface area contributed by atoms with E-state index in [9.17, 15) is 4.79 Å². The number of nitrogens with one attached hydrogen (secondary N) is 2. The summed E-state index contributed by atoms with van der Waals surface area (Å²) < 4.78 is 2.21. The zero-order chi connectivity index (χ0) is 14.8. The van der Waals surface area contributed by atoms with Crippen LogP contribution in [0.5, 0.6) is 0 Å². The molecule has 21 heavy (non-hydrogen) atoms. The van der Waals surface area contributed by atoms with Crippen LogP contribution in [-0.4, -0.2) is 17.6 Å². The van der Waals surface area contributed by atoms with E-state index in [0.717, 1.165) is 11.4 Å². The average molecular weight is 279 g/mol. The Morgan fingerprint density at radius 1 is 1.05 bits per heavy atom. The van der Waals surface area contributed by atoms with Crippen LogP contribution in [-0.2, 0) is 0 Å². The van der Waals surface area contributed by atoms with Gasteiger partial charge in [-0.3, -0.25) is 0 Å². The Hall–Kier alpha value is -2.75. The van der Waals surface area contributed by atoms with Gasteiger partial charge in [-0.25, -0.2) is 4.79 Å². The van der Waals surface area contributed by atoms with Crippen LogP contribution in [0.15, 0.2) is 54.6 Å². The van der Waals surface area contributed by atoms with Crippen LogP contribution < -0.4 is 10.6 Å². The molecule has 3 rings (SSSR count). The van der Waals surface area contributed by atoms with Gasteiger partial charge in [-0.1, -0.05) is 18.2 Å². The topological polar surface area (TPSA) is 46.1 Å². The van der Waals surface area contributed by atoms with Crippen LogP contribution in [0.1, 0.15) is 5.69 Å². The number of anilines is 1. The van der Waals surface area contributed by atoms with Gasteiger partial charge in [-0.2, -0.15) is 0 Å². The van der Waals surface area contributed by atoms with Gasteiger partial charge in [0.1, 0.15) is 0 Å². The highest BCUT2D eigenvalue weighted by molar-refractivity contribution is 5.89. The first kappa shape index (κ1) is 13.2. The molecule has 0 aliphatic carbocycles. The molecule has 2 aromatic carbocycles. The molecule has 0 atom stereocenters. The SMILES string of the molecule is CNC(=O)Nc1ccc(-n2c(C)cc3ccccc32)cc1. The minimum Gasteiger partial charge on any atom is -0.341 e. The van der Waals surface area contributed by atoms with E-state index in [0.29, 0.717) is 0 Å². The number of fused-ring (bicyclic) bond motifs is 1. The molecular formula is C17H17N3O. The van der Waals surface area contributed by atoms with Crippen molar-refractivity contribution in [1.29, 1.82) is 0 Å². The molecule has 3 aromatic rings. The molecule has 0 aliphatic rings. The Kier molecular flexibility index (Phi) is 3.36. The highest BCUT2D eigenvalue weighted by Gasteiger charge is 2.07. The van der Waals surface area contributed by atoms with Gasteiger partial charge in [0.2, 0.25) is 0 Å². The highest BCUT2D eigenvalue weighted by atomic mass is 16.2. The molecule has 0 fully saturated rings. The number of para-hydroxylation sites is 1. The molecular weight excluding hydrogens is 262 g/mol. The maximum Gasteiger partial charge on any atom is 0.318 e. The molecule has 2 amide bonds. The Balaban J connectivity index is 1.99. The van der Waals surface area contributed by atoms with E-state index in [2.05, 4.69) is 40.3 Å². The predicted molar refractivity (Wildman–Crippen MR) is 86.1 cm³/mol. The minimum absolute atomic E-state index is 0.217. The summed E-state index contributed by atoms with van der Waals surface area (Å²) in [6.07, 6.45) is 0. The largest absolute Gasteiger partial charge is 0.341 e. The summed E-state index contributed by atoms with van der Waals surface area (Å²) in [5.41, 5.74) is 4.22. The van der Waals surface area contributed by atoms with E-state index in [4.69, 9.17) is 0 Å². The summed E-state index contributed by atoms with van der Waals surface area (Å²) in [5, 5.41) is 6.51. The summed E-state index contributed by atoms with van der Waals surface area (Å²) in [6.45, 7) is 2.09. The van der Waals surface area contributed by atoms with Gasteiger partial charge in [0.05, 0.1) is 5.52 Å². The monoisotopic (exact) mass is 279 g/mol.